The monoisotopic (exact) mass is 536 g/mol. The summed E-state index contributed by atoms with van der Waals surface area (Å²) < 4.78 is 5.92. The van der Waals surface area contributed by atoms with E-state index in [4.69, 9.17) is 4.74 Å². The second kappa shape index (κ2) is 18.0. The lowest BCUT2D eigenvalue weighted by atomic mass is 10.1. The number of hydrogen-bond donors (Lipinski definition) is 1. The maximum Gasteiger partial charge on any atom is 0.228 e. The first-order valence-electron chi connectivity index (χ1n) is 14.8. The van der Waals surface area contributed by atoms with Gasteiger partial charge in [-0.3, -0.25) is 4.79 Å². The van der Waals surface area contributed by atoms with E-state index in [1.54, 1.807) is 0 Å². The van der Waals surface area contributed by atoms with Crippen LogP contribution in [0.4, 0.5) is 5.69 Å². The number of amides is 1. The molecular weight excluding hydrogens is 488 g/mol. The normalized spacial score (nSPS) is 13.0. The molecule has 2 aromatic carbocycles. The number of anilines is 1. The molecular formula is C33H48N2O2S. The van der Waals surface area contributed by atoms with Crippen LogP contribution in [0.5, 0.6) is 5.75 Å². The van der Waals surface area contributed by atoms with Crippen LogP contribution in [0.15, 0.2) is 59.6 Å². The molecule has 1 amide bonds. The average molecular weight is 537 g/mol. The van der Waals surface area contributed by atoms with Crippen LogP contribution >= 0.6 is 11.8 Å². The molecule has 1 heterocycles. The highest BCUT2D eigenvalue weighted by atomic mass is 32.2. The van der Waals surface area contributed by atoms with Crippen LogP contribution < -0.4 is 10.1 Å². The first-order chi connectivity index (χ1) is 18.6. The lowest BCUT2D eigenvalue weighted by Crippen LogP contribution is -2.15. The number of ether oxygens (including phenoxy) is 1. The highest BCUT2D eigenvalue weighted by Crippen LogP contribution is 2.26. The van der Waals surface area contributed by atoms with Crippen molar-refractivity contribution in [2.45, 2.75) is 104 Å². The Labute approximate surface area is 235 Å². The summed E-state index contributed by atoms with van der Waals surface area (Å²) in [7, 11) is 0. The van der Waals surface area contributed by atoms with Gasteiger partial charge < -0.3 is 15.0 Å². The molecule has 0 spiro atoms. The van der Waals surface area contributed by atoms with Crippen molar-refractivity contribution in [3.63, 3.8) is 0 Å². The minimum Gasteiger partial charge on any atom is -0.494 e. The van der Waals surface area contributed by atoms with Gasteiger partial charge in [0, 0.05) is 18.4 Å². The van der Waals surface area contributed by atoms with E-state index in [1.165, 1.54) is 81.1 Å². The van der Waals surface area contributed by atoms with E-state index < -0.39 is 0 Å². The van der Waals surface area contributed by atoms with E-state index in [-0.39, 0.29) is 5.91 Å². The van der Waals surface area contributed by atoms with E-state index in [0.29, 0.717) is 6.42 Å². The number of allylic oxidation sites excluding steroid dienone is 1. The summed E-state index contributed by atoms with van der Waals surface area (Å²) in [4.78, 5) is 16.2. The Morgan fingerprint density at radius 1 is 0.868 bits per heavy atom. The van der Waals surface area contributed by atoms with E-state index in [9.17, 15) is 4.79 Å². The Kier molecular flexibility index (Phi) is 14.3. The van der Waals surface area contributed by atoms with Crippen molar-refractivity contribution < 1.29 is 9.53 Å². The van der Waals surface area contributed by atoms with Gasteiger partial charge in [-0.05, 0) is 53.6 Å². The number of unbranched alkanes of at least 4 members (excludes halogenated alkanes) is 11. The van der Waals surface area contributed by atoms with Crippen LogP contribution in [0.25, 0.3) is 0 Å². The second-order valence-electron chi connectivity index (χ2n) is 10.6. The molecule has 38 heavy (non-hydrogen) atoms. The minimum absolute atomic E-state index is 0.000204. The van der Waals surface area contributed by atoms with Crippen molar-refractivity contribution in [2.24, 2.45) is 0 Å². The van der Waals surface area contributed by atoms with Gasteiger partial charge in [0.05, 0.1) is 18.9 Å². The fraction of sp³-hybridized carbons (Fsp3) is 0.545. The van der Waals surface area contributed by atoms with Crippen LogP contribution in [0.3, 0.4) is 0 Å². The van der Waals surface area contributed by atoms with Crippen molar-refractivity contribution >= 4 is 23.4 Å². The first-order valence-corrected chi connectivity index (χ1v) is 15.8. The predicted octanol–water partition coefficient (Wildman–Crippen LogP) is 9.32. The topological polar surface area (TPSA) is 41.6 Å². The molecule has 0 aromatic heterocycles. The highest BCUT2D eigenvalue weighted by molar-refractivity contribution is 8.03. The Bertz CT molecular complexity index is 973. The molecule has 0 aliphatic carbocycles. The van der Waals surface area contributed by atoms with E-state index >= 15 is 0 Å². The number of rotatable bonds is 19. The summed E-state index contributed by atoms with van der Waals surface area (Å²) in [6.07, 6.45) is 18.7. The third-order valence-electron chi connectivity index (χ3n) is 6.97. The number of benzene rings is 2. The zero-order valence-electron chi connectivity index (χ0n) is 23.7. The van der Waals surface area contributed by atoms with E-state index in [0.717, 1.165) is 42.4 Å². The van der Waals surface area contributed by atoms with E-state index in [1.807, 2.05) is 48.2 Å². The first kappa shape index (κ1) is 30.1. The quantitative estimate of drug-likeness (QED) is 0.182. The molecule has 0 unspecified atom stereocenters. The SMILES string of the molecule is CCCCCCCCCCCCCCOc1ccc(CC(=O)Nc2cccc(CN3C=C(C)SC3)c2)cc1. The van der Waals surface area contributed by atoms with Gasteiger partial charge in [-0.15, -0.1) is 11.8 Å². The van der Waals surface area contributed by atoms with Crippen molar-refractivity contribution in [3.8, 4) is 5.75 Å². The fourth-order valence-corrected chi connectivity index (χ4v) is 5.58. The molecule has 1 aliphatic rings. The maximum absolute atomic E-state index is 12.6. The molecule has 0 saturated carbocycles. The molecule has 0 radical (unpaired) electrons. The smallest absolute Gasteiger partial charge is 0.228 e. The zero-order chi connectivity index (χ0) is 26.8. The molecule has 0 bridgehead atoms. The molecule has 0 fully saturated rings. The Hall–Kier alpha value is -2.40. The molecule has 5 heteroatoms. The number of carbonyl (C=O) groups excluding carboxylic acids is 1. The number of nitrogens with zero attached hydrogens (tertiary/aromatic N) is 1. The Morgan fingerprint density at radius 3 is 2.16 bits per heavy atom. The summed E-state index contributed by atoms with van der Waals surface area (Å²) in [6.45, 7) is 6.04. The van der Waals surface area contributed by atoms with Crippen LogP contribution in [0, 0.1) is 0 Å². The third-order valence-corrected chi connectivity index (χ3v) is 7.99. The van der Waals surface area contributed by atoms with Crippen molar-refractivity contribution in [3.05, 3.63) is 70.8 Å². The van der Waals surface area contributed by atoms with Gasteiger partial charge in [-0.2, -0.15) is 0 Å². The zero-order valence-corrected chi connectivity index (χ0v) is 24.5. The molecule has 2 aromatic rings. The second-order valence-corrected chi connectivity index (χ2v) is 11.8. The third kappa shape index (κ3) is 12.4. The summed E-state index contributed by atoms with van der Waals surface area (Å²) in [5.74, 6) is 1.87. The standard InChI is InChI=1S/C33H48N2O2S/c1-3-4-5-6-7-8-9-10-11-12-13-14-22-37-32-20-18-29(19-21-32)24-33(36)34-31-17-15-16-30(23-31)26-35-25-28(2)38-27-35/h15-21,23,25H,3-14,22,24,26-27H2,1-2H3,(H,34,36). The summed E-state index contributed by atoms with van der Waals surface area (Å²) in [5.41, 5.74) is 3.04. The lowest BCUT2D eigenvalue weighted by Gasteiger charge is -2.15. The Morgan fingerprint density at radius 2 is 1.53 bits per heavy atom. The predicted molar refractivity (Wildman–Crippen MR) is 164 cm³/mol. The number of carbonyl (C=O) groups is 1. The van der Waals surface area contributed by atoms with E-state index in [2.05, 4.69) is 42.4 Å². The average Bonchev–Trinajstić information content (AvgIpc) is 3.32. The van der Waals surface area contributed by atoms with Gasteiger partial charge in [0.25, 0.3) is 0 Å². The van der Waals surface area contributed by atoms with Crippen molar-refractivity contribution in [2.75, 3.05) is 17.8 Å². The number of thioether (sulfide) groups is 1. The summed E-state index contributed by atoms with van der Waals surface area (Å²) in [6, 6.07) is 16.1. The van der Waals surface area contributed by atoms with Gasteiger partial charge in [0.15, 0.2) is 0 Å². The molecule has 4 nitrogen and oxygen atoms in total. The largest absolute Gasteiger partial charge is 0.494 e. The maximum atomic E-state index is 12.6. The van der Waals surface area contributed by atoms with Gasteiger partial charge in [-0.1, -0.05) is 102 Å². The van der Waals surface area contributed by atoms with Crippen LogP contribution in [-0.2, 0) is 17.8 Å². The summed E-state index contributed by atoms with van der Waals surface area (Å²) in [5, 5.41) is 3.05. The van der Waals surface area contributed by atoms with Crippen LogP contribution in [0.1, 0.15) is 102 Å². The molecule has 1 aliphatic heterocycles. The molecule has 1 N–H and O–H groups in total. The van der Waals surface area contributed by atoms with Gasteiger partial charge in [0.2, 0.25) is 5.91 Å². The minimum atomic E-state index is -0.000204. The highest BCUT2D eigenvalue weighted by Gasteiger charge is 2.11. The van der Waals surface area contributed by atoms with Gasteiger partial charge in [0.1, 0.15) is 5.75 Å². The van der Waals surface area contributed by atoms with Crippen molar-refractivity contribution in [1.82, 2.24) is 4.90 Å². The lowest BCUT2D eigenvalue weighted by molar-refractivity contribution is -0.115. The fourth-order valence-electron chi connectivity index (χ4n) is 4.82. The van der Waals surface area contributed by atoms with Crippen molar-refractivity contribution in [1.29, 1.82) is 0 Å². The summed E-state index contributed by atoms with van der Waals surface area (Å²) >= 11 is 1.86. The number of hydrogen-bond acceptors (Lipinski definition) is 4. The molecule has 0 atom stereocenters. The van der Waals surface area contributed by atoms with Crippen LogP contribution in [-0.4, -0.2) is 23.3 Å². The molecule has 3 rings (SSSR count). The molecule has 0 saturated heterocycles. The van der Waals surface area contributed by atoms with Gasteiger partial charge in [-0.25, -0.2) is 0 Å². The van der Waals surface area contributed by atoms with Crippen LogP contribution in [0.2, 0.25) is 0 Å². The molecule has 208 valence electrons. The Balaban J connectivity index is 1.24. The number of nitrogens with one attached hydrogen (secondary N) is 1. The van der Waals surface area contributed by atoms with Gasteiger partial charge >= 0.3 is 0 Å².